The van der Waals surface area contributed by atoms with Crippen molar-refractivity contribution >= 4 is 40.5 Å². The van der Waals surface area contributed by atoms with E-state index >= 15 is 0 Å². The first-order valence-corrected chi connectivity index (χ1v) is 7.72. The second kappa shape index (κ2) is 7.48. The molecular formula is C15H18Cl2N4. The number of anilines is 3. The lowest BCUT2D eigenvalue weighted by atomic mass is 10.3. The second-order valence-electron chi connectivity index (χ2n) is 4.56. The average Bonchev–Trinajstić information content (AvgIpc) is 2.49. The third kappa shape index (κ3) is 4.22. The van der Waals surface area contributed by atoms with E-state index in [0.29, 0.717) is 21.6 Å². The zero-order chi connectivity index (χ0) is 15.2. The molecule has 2 aromatic rings. The maximum atomic E-state index is 6.17. The van der Waals surface area contributed by atoms with E-state index in [4.69, 9.17) is 23.2 Å². The van der Waals surface area contributed by atoms with Gasteiger partial charge in [-0.05, 0) is 18.6 Å². The van der Waals surface area contributed by atoms with Gasteiger partial charge in [0.1, 0.15) is 17.5 Å². The fourth-order valence-electron chi connectivity index (χ4n) is 1.81. The van der Waals surface area contributed by atoms with Crippen molar-refractivity contribution in [3.63, 3.8) is 0 Å². The molecule has 0 aliphatic rings. The Kier molecular flexibility index (Phi) is 5.65. The molecule has 4 nitrogen and oxygen atoms in total. The van der Waals surface area contributed by atoms with Crippen molar-refractivity contribution in [2.75, 3.05) is 17.2 Å². The summed E-state index contributed by atoms with van der Waals surface area (Å²) in [5.74, 6) is 2.24. The number of nitrogens with one attached hydrogen (secondary N) is 2. The summed E-state index contributed by atoms with van der Waals surface area (Å²) in [6, 6.07) is 7.23. The fourth-order valence-corrected chi connectivity index (χ4v) is 2.30. The lowest BCUT2D eigenvalue weighted by molar-refractivity contribution is 0.919. The zero-order valence-electron chi connectivity index (χ0n) is 12.1. The van der Waals surface area contributed by atoms with Crippen LogP contribution in [-0.2, 0) is 6.42 Å². The molecule has 1 aromatic carbocycles. The summed E-state index contributed by atoms with van der Waals surface area (Å²) in [4.78, 5) is 8.91. The van der Waals surface area contributed by atoms with Crippen molar-refractivity contribution in [2.45, 2.75) is 26.7 Å². The van der Waals surface area contributed by atoms with Gasteiger partial charge >= 0.3 is 0 Å². The number of aromatic nitrogens is 2. The van der Waals surface area contributed by atoms with Crippen LogP contribution in [0.3, 0.4) is 0 Å². The minimum Gasteiger partial charge on any atom is -0.370 e. The highest BCUT2D eigenvalue weighted by Gasteiger charge is 2.08. The van der Waals surface area contributed by atoms with Gasteiger partial charge < -0.3 is 10.6 Å². The van der Waals surface area contributed by atoms with Gasteiger partial charge in [-0.2, -0.15) is 0 Å². The number of rotatable bonds is 6. The maximum absolute atomic E-state index is 6.17. The summed E-state index contributed by atoms with van der Waals surface area (Å²) in [5.41, 5.74) is 0.656. The lowest BCUT2D eigenvalue weighted by Gasteiger charge is -2.12. The first-order valence-electron chi connectivity index (χ1n) is 6.97. The van der Waals surface area contributed by atoms with E-state index < -0.39 is 0 Å². The summed E-state index contributed by atoms with van der Waals surface area (Å²) in [5, 5.41) is 7.56. The van der Waals surface area contributed by atoms with Gasteiger partial charge in [0.25, 0.3) is 0 Å². The molecule has 0 bridgehead atoms. The number of benzene rings is 1. The summed E-state index contributed by atoms with van der Waals surface area (Å²) in [6.45, 7) is 5.00. The Morgan fingerprint density at radius 2 is 1.71 bits per heavy atom. The first kappa shape index (κ1) is 15.9. The van der Waals surface area contributed by atoms with Crippen LogP contribution in [0, 0.1) is 0 Å². The second-order valence-corrected chi connectivity index (χ2v) is 5.37. The molecule has 0 radical (unpaired) electrons. The summed E-state index contributed by atoms with van der Waals surface area (Å²) >= 11 is 12.3. The highest BCUT2D eigenvalue weighted by Crippen LogP contribution is 2.32. The lowest BCUT2D eigenvalue weighted by Crippen LogP contribution is -2.07. The smallest absolute Gasteiger partial charge is 0.136 e. The molecule has 2 rings (SSSR count). The van der Waals surface area contributed by atoms with Gasteiger partial charge in [0.05, 0.1) is 15.7 Å². The molecule has 6 heteroatoms. The molecule has 0 aliphatic heterocycles. The number of hydrogen-bond acceptors (Lipinski definition) is 4. The Balaban J connectivity index is 2.30. The van der Waals surface area contributed by atoms with Crippen molar-refractivity contribution < 1.29 is 0 Å². The topological polar surface area (TPSA) is 49.8 Å². The first-order chi connectivity index (χ1) is 10.1. The number of para-hydroxylation sites is 1. The average molecular weight is 325 g/mol. The highest BCUT2D eigenvalue weighted by molar-refractivity contribution is 6.39. The Labute approximate surface area is 134 Å². The summed E-state index contributed by atoms with van der Waals surface area (Å²) in [7, 11) is 0. The zero-order valence-corrected chi connectivity index (χ0v) is 13.6. The van der Waals surface area contributed by atoms with Gasteiger partial charge in [-0.15, -0.1) is 0 Å². The van der Waals surface area contributed by atoms with Gasteiger partial charge in [-0.1, -0.05) is 43.1 Å². The number of halogens is 2. The largest absolute Gasteiger partial charge is 0.370 e. The molecule has 21 heavy (non-hydrogen) atoms. The van der Waals surface area contributed by atoms with Crippen LogP contribution in [0.1, 0.15) is 26.1 Å². The van der Waals surface area contributed by atoms with Crippen molar-refractivity contribution in [2.24, 2.45) is 0 Å². The molecule has 0 atom stereocenters. The Bertz CT molecular complexity index is 596. The van der Waals surface area contributed by atoms with Gasteiger partial charge in [0, 0.05) is 19.0 Å². The molecular weight excluding hydrogens is 307 g/mol. The molecule has 112 valence electrons. The van der Waals surface area contributed by atoms with E-state index in [0.717, 1.165) is 31.0 Å². The third-order valence-electron chi connectivity index (χ3n) is 2.86. The van der Waals surface area contributed by atoms with Crippen LogP contribution in [0.15, 0.2) is 24.3 Å². The third-order valence-corrected chi connectivity index (χ3v) is 3.49. The SMILES string of the molecule is CCCNc1cc(Nc2c(Cl)cccc2Cl)nc(CC)n1. The maximum Gasteiger partial charge on any atom is 0.136 e. The van der Waals surface area contributed by atoms with Crippen LogP contribution >= 0.6 is 23.2 Å². The standard InChI is InChI=1S/C15H18Cl2N4/c1-3-8-18-13-9-14(20-12(4-2)19-13)21-15-10(16)6-5-7-11(15)17/h5-7,9H,3-4,8H2,1-2H3,(H2,18,19,20,21). The normalized spacial score (nSPS) is 10.5. The predicted octanol–water partition coefficient (Wildman–Crippen LogP) is 4.91. The molecule has 0 saturated carbocycles. The molecule has 0 fully saturated rings. The van der Waals surface area contributed by atoms with E-state index in [9.17, 15) is 0 Å². The van der Waals surface area contributed by atoms with E-state index in [1.165, 1.54) is 0 Å². The fraction of sp³-hybridized carbons (Fsp3) is 0.333. The number of hydrogen-bond donors (Lipinski definition) is 2. The molecule has 0 unspecified atom stereocenters. The monoisotopic (exact) mass is 324 g/mol. The minimum atomic E-state index is 0.558. The molecule has 0 aliphatic carbocycles. The minimum absolute atomic E-state index is 0.558. The number of nitrogens with zero attached hydrogens (tertiary/aromatic N) is 2. The van der Waals surface area contributed by atoms with E-state index in [1.807, 2.05) is 19.1 Å². The predicted molar refractivity (Wildman–Crippen MR) is 89.9 cm³/mol. The van der Waals surface area contributed by atoms with E-state index in [-0.39, 0.29) is 0 Å². The van der Waals surface area contributed by atoms with Gasteiger partial charge in [-0.25, -0.2) is 9.97 Å². The Hall–Kier alpha value is -1.52. The van der Waals surface area contributed by atoms with Crippen LogP contribution in [0.5, 0.6) is 0 Å². The van der Waals surface area contributed by atoms with Crippen LogP contribution < -0.4 is 10.6 Å². The Morgan fingerprint density at radius 3 is 2.33 bits per heavy atom. The van der Waals surface area contributed by atoms with E-state index in [1.54, 1.807) is 12.1 Å². The van der Waals surface area contributed by atoms with Gasteiger partial charge in [0.2, 0.25) is 0 Å². The molecule has 2 N–H and O–H groups in total. The van der Waals surface area contributed by atoms with Gasteiger partial charge in [0.15, 0.2) is 0 Å². The molecule has 1 heterocycles. The molecule has 0 spiro atoms. The Morgan fingerprint density at radius 1 is 1.05 bits per heavy atom. The van der Waals surface area contributed by atoms with Crippen LogP contribution in [0.2, 0.25) is 10.0 Å². The highest BCUT2D eigenvalue weighted by atomic mass is 35.5. The van der Waals surface area contributed by atoms with Crippen molar-refractivity contribution in [1.29, 1.82) is 0 Å². The van der Waals surface area contributed by atoms with Crippen LogP contribution in [-0.4, -0.2) is 16.5 Å². The molecule has 1 aromatic heterocycles. The summed E-state index contributed by atoms with van der Waals surface area (Å²) < 4.78 is 0. The number of aryl methyl sites for hydroxylation is 1. The summed E-state index contributed by atoms with van der Waals surface area (Å²) in [6.07, 6.45) is 1.79. The quantitative estimate of drug-likeness (QED) is 0.792. The van der Waals surface area contributed by atoms with Gasteiger partial charge in [-0.3, -0.25) is 0 Å². The van der Waals surface area contributed by atoms with Crippen LogP contribution in [0.25, 0.3) is 0 Å². The molecule has 0 saturated heterocycles. The van der Waals surface area contributed by atoms with Crippen molar-refractivity contribution in [3.8, 4) is 0 Å². The van der Waals surface area contributed by atoms with Crippen molar-refractivity contribution in [1.82, 2.24) is 9.97 Å². The molecule has 0 amide bonds. The van der Waals surface area contributed by atoms with E-state index in [2.05, 4.69) is 27.5 Å². The van der Waals surface area contributed by atoms with Crippen molar-refractivity contribution in [3.05, 3.63) is 40.1 Å². The van der Waals surface area contributed by atoms with Crippen LogP contribution in [0.4, 0.5) is 17.3 Å².